The van der Waals surface area contributed by atoms with Gasteiger partial charge in [0.2, 0.25) is 0 Å². The second-order valence-electron chi connectivity index (χ2n) is 4.14. The summed E-state index contributed by atoms with van der Waals surface area (Å²) < 4.78 is 5.38. The molecule has 0 aliphatic carbocycles. The van der Waals surface area contributed by atoms with Crippen molar-refractivity contribution in [3.63, 3.8) is 0 Å². The maximum Gasteiger partial charge on any atom is 0.103 e. The fourth-order valence-electron chi connectivity index (χ4n) is 1.89. The fourth-order valence-corrected chi connectivity index (χ4v) is 2.73. The van der Waals surface area contributed by atoms with Crippen molar-refractivity contribution in [2.75, 3.05) is 6.54 Å². The number of furan rings is 1. The van der Waals surface area contributed by atoms with Crippen molar-refractivity contribution in [2.45, 2.75) is 32.2 Å². The molecule has 1 atom stereocenters. The van der Waals surface area contributed by atoms with E-state index in [0.29, 0.717) is 6.04 Å². The molecule has 2 aromatic rings. The van der Waals surface area contributed by atoms with Crippen LogP contribution in [0.2, 0.25) is 0 Å². The van der Waals surface area contributed by atoms with E-state index >= 15 is 0 Å². The van der Waals surface area contributed by atoms with Crippen LogP contribution in [-0.4, -0.2) is 6.54 Å². The van der Waals surface area contributed by atoms with Crippen LogP contribution in [0.15, 0.2) is 40.3 Å². The molecule has 0 spiro atoms. The van der Waals surface area contributed by atoms with Crippen molar-refractivity contribution in [1.29, 1.82) is 0 Å². The summed E-state index contributed by atoms with van der Waals surface area (Å²) in [5, 5.41) is 5.74. The number of aryl methyl sites for hydroxylation is 1. The summed E-state index contributed by atoms with van der Waals surface area (Å²) in [5.41, 5.74) is 0. The summed E-state index contributed by atoms with van der Waals surface area (Å²) in [4.78, 5) is 1.42. The van der Waals surface area contributed by atoms with Crippen LogP contribution in [0.3, 0.4) is 0 Å². The normalized spacial score (nSPS) is 12.8. The summed E-state index contributed by atoms with van der Waals surface area (Å²) in [6.45, 7) is 3.27. The van der Waals surface area contributed by atoms with Gasteiger partial charge in [0.25, 0.3) is 0 Å². The predicted molar refractivity (Wildman–Crippen MR) is 72.4 cm³/mol. The van der Waals surface area contributed by atoms with E-state index in [2.05, 4.69) is 29.8 Å². The van der Waals surface area contributed by atoms with E-state index in [1.807, 2.05) is 23.5 Å². The van der Waals surface area contributed by atoms with E-state index in [9.17, 15) is 0 Å². The van der Waals surface area contributed by atoms with E-state index in [4.69, 9.17) is 4.42 Å². The highest BCUT2D eigenvalue weighted by Crippen LogP contribution is 2.23. The Bertz CT molecular complexity index is 394. The van der Waals surface area contributed by atoms with Crippen LogP contribution < -0.4 is 5.32 Å². The molecule has 0 saturated carbocycles. The minimum atomic E-state index is 0.458. The van der Waals surface area contributed by atoms with E-state index in [-0.39, 0.29) is 0 Å². The Morgan fingerprint density at radius 3 is 2.94 bits per heavy atom. The van der Waals surface area contributed by atoms with Gasteiger partial charge in [0, 0.05) is 17.3 Å². The highest BCUT2D eigenvalue weighted by atomic mass is 32.1. The molecule has 0 amide bonds. The first-order valence-corrected chi connectivity index (χ1v) is 7.07. The van der Waals surface area contributed by atoms with Crippen LogP contribution in [0.25, 0.3) is 0 Å². The van der Waals surface area contributed by atoms with Gasteiger partial charge in [-0.1, -0.05) is 13.0 Å². The Morgan fingerprint density at radius 1 is 1.35 bits per heavy atom. The van der Waals surface area contributed by atoms with Gasteiger partial charge in [0.05, 0.1) is 6.26 Å². The molecule has 1 N–H and O–H groups in total. The van der Waals surface area contributed by atoms with Crippen molar-refractivity contribution in [1.82, 2.24) is 5.32 Å². The summed E-state index contributed by atoms with van der Waals surface area (Å²) in [7, 11) is 0. The van der Waals surface area contributed by atoms with Gasteiger partial charge in [-0.25, -0.2) is 0 Å². The van der Waals surface area contributed by atoms with E-state index < -0.39 is 0 Å². The van der Waals surface area contributed by atoms with Crippen LogP contribution >= 0.6 is 11.3 Å². The quantitative estimate of drug-likeness (QED) is 0.802. The lowest BCUT2D eigenvalue weighted by Crippen LogP contribution is -2.21. The maximum atomic E-state index is 5.38. The van der Waals surface area contributed by atoms with Crippen LogP contribution in [0.1, 0.15) is 36.4 Å². The van der Waals surface area contributed by atoms with Crippen LogP contribution in [0.4, 0.5) is 0 Å². The van der Waals surface area contributed by atoms with Gasteiger partial charge in [0.1, 0.15) is 5.76 Å². The second-order valence-corrected chi connectivity index (χ2v) is 5.12. The van der Waals surface area contributed by atoms with Gasteiger partial charge < -0.3 is 9.73 Å². The molecular formula is C14H19NOS. The monoisotopic (exact) mass is 249 g/mol. The molecule has 1 unspecified atom stereocenters. The smallest absolute Gasteiger partial charge is 0.103 e. The summed E-state index contributed by atoms with van der Waals surface area (Å²) >= 11 is 1.83. The molecule has 2 heterocycles. The van der Waals surface area contributed by atoms with Crippen LogP contribution in [0.5, 0.6) is 0 Å². The van der Waals surface area contributed by atoms with Crippen molar-refractivity contribution in [2.24, 2.45) is 0 Å². The fraction of sp³-hybridized carbons (Fsp3) is 0.429. The minimum absolute atomic E-state index is 0.458. The molecule has 2 rings (SSSR count). The molecule has 0 bridgehead atoms. The third kappa shape index (κ3) is 3.72. The highest BCUT2D eigenvalue weighted by Gasteiger charge is 2.12. The van der Waals surface area contributed by atoms with Crippen molar-refractivity contribution in [3.05, 3.63) is 46.5 Å². The third-order valence-corrected chi connectivity index (χ3v) is 3.77. The number of rotatable bonds is 7. The molecule has 0 aliphatic rings. The Kier molecular flexibility index (Phi) is 4.83. The van der Waals surface area contributed by atoms with Crippen molar-refractivity contribution >= 4 is 11.3 Å². The first kappa shape index (κ1) is 12.4. The molecule has 92 valence electrons. The van der Waals surface area contributed by atoms with Gasteiger partial charge in [-0.2, -0.15) is 0 Å². The van der Waals surface area contributed by atoms with Gasteiger partial charge in [-0.3, -0.25) is 0 Å². The second kappa shape index (κ2) is 6.62. The first-order chi connectivity index (χ1) is 8.40. The first-order valence-electron chi connectivity index (χ1n) is 6.19. The molecule has 2 nitrogen and oxygen atoms in total. The van der Waals surface area contributed by atoms with Gasteiger partial charge >= 0.3 is 0 Å². The zero-order chi connectivity index (χ0) is 11.9. The summed E-state index contributed by atoms with van der Waals surface area (Å²) in [6.07, 6.45) is 5.00. The third-order valence-electron chi connectivity index (χ3n) is 2.79. The van der Waals surface area contributed by atoms with Crippen molar-refractivity contribution in [3.8, 4) is 0 Å². The Balaban J connectivity index is 1.91. The van der Waals surface area contributed by atoms with E-state index in [1.54, 1.807) is 6.26 Å². The number of nitrogens with one attached hydrogen (secondary N) is 1. The van der Waals surface area contributed by atoms with Gasteiger partial charge in [0.15, 0.2) is 0 Å². The summed E-state index contributed by atoms with van der Waals surface area (Å²) in [5.74, 6) is 1.07. The van der Waals surface area contributed by atoms with Crippen LogP contribution in [0, 0.1) is 0 Å². The molecule has 3 heteroatoms. The Hall–Kier alpha value is -1.06. The number of hydrogen-bond donors (Lipinski definition) is 1. The maximum absolute atomic E-state index is 5.38. The lowest BCUT2D eigenvalue weighted by Gasteiger charge is -2.16. The molecular weight excluding hydrogens is 230 g/mol. The molecule has 0 aliphatic heterocycles. The zero-order valence-corrected chi connectivity index (χ0v) is 11.0. The average molecular weight is 249 g/mol. The predicted octanol–water partition coefficient (Wildman–Crippen LogP) is 4.01. The largest absolute Gasteiger partial charge is 0.469 e. The zero-order valence-electron chi connectivity index (χ0n) is 10.2. The van der Waals surface area contributed by atoms with E-state index in [0.717, 1.165) is 25.1 Å². The average Bonchev–Trinajstić information content (AvgIpc) is 3.01. The highest BCUT2D eigenvalue weighted by molar-refractivity contribution is 7.10. The molecule has 0 saturated heterocycles. The number of hydrogen-bond acceptors (Lipinski definition) is 3. The molecule has 2 aromatic heterocycles. The SMILES string of the molecule is CCCNC(CCc1ccco1)c1cccs1. The molecule has 0 aromatic carbocycles. The lowest BCUT2D eigenvalue weighted by molar-refractivity contribution is 0.456. The minimum Gasteiger partial charge on any atom is -0.469 e. The number of thiophene rings is 1. The Morgan fingerprint density at radius 2 is 2.29 bits per heavy atom. The molecule has 0 fully saturated rings. The van der Waals surface area contributed by atoms with Crippen LogP contribution in [-0.2, 0) is 6.42 Å². The van der Waals surface area contributed by atoms with E-state index in [1.165, 1.54) is 11.3 Å². The van der Waals surface area contributed by atoms with Gasteiger partial charge in [-0.05, 0) is 43.0 Å². The Labute approximate surface area is 107 Å². The topological polar surface area (TPSA) is 25.2 Å². The summed E-state index contributed by atoms with van der Waals surface area (Å²) in [6, 6.07) is 8.79. The van der Waals surface area contributed by atoms with Gasteiger partial charge in [-0.15, -0.1) is 11.3 Å². The molecule has 0 radical (unpaired) electrons. The standard InChI is InChI=1S/C14H19NOS/c1-2-9-15-13(14-6-4-11-17-14)8-7-12-5-3-10-16-12/h3-6,10-11,13,15H,2,7-9H2,1H3. The lowest BCUT2D eigenvalue weighted by atomic mass is 10.1. The van der Waals surface area contributed by atoms with Crippen molar-refractivity contribution < 1.29 is 4.42 Å². The molecule has 17 heavy (non-hydrogen) atoms.